The van der Waals surface area contributed by atoms with Crippen LogP contribution in [-0.4, -0.2) is 41.3 Å². The molecule has 1 saturated carbocycles. The van der Waals surface area contributed by atoms with Gasteiger partial charge >= 0.3 is 0 Å². The SMILES string of the molecule is CNc1nc(N(C)CC2(O)CCCC2)c2ccsc2n1. The minimum atomic E-state index is -0.568. The van der Waals surface area contributed by atoms with Crippen LogP contribution in [0, 0.1) is 0 Å². The van der Waals surface area contributed by atoms with Gasteiger partial charge in [0.05, 0.1) is 11.0 Å². The van der Waals surface area contributed by atoms with Crippen LogP contribution in [0.15, 0.2) is 11.4 Å². The second kappa shape index (κ2) is 5.18. The number of nitrogens with one attached hydrogen (secondary N) is 1. The molecule has 6 heteroatoms. The molecule has 0 atom stereocenters. The van der Waals surface area contributed by atoms with Crippen molar-refractivity contribution in [3.05, 3.63) is 11.4 Å². The Morgan fingerprint density at radius 1 is 1.40 bits per heavy atom. The van der Waals surface area contributed by atoms with Gasteiger partial charge in [-0.15, -0.1) is 11.3 Å². The van der Waals surface area contributed by atoms with E-state index in [4.69, 9.17) is 0 Å². The van der Waals surface area contributed by atoms with Gasteiger partial charge in [-0.2, -0.15) is 4.98 Å². The van der Waals surface area contributed by atoms with Gasteiger partial charge in [0.1, 0.15) is 10.6 Å². The zero-order valence-corrected chi connectivity index (χ0v) is 12.7. The number of aromatic nitrogens is 2. The van der Waals surface area contributed by atoms with Crippen LogP contribution in [0.4, 0.5) is 11.8 Å². The zero-order valence-electron chi connectivity index (χ0n) is 11.9. The summed E-state index contributed by atoms with van der Waals surface area (Å²) in [6.45, 7) is 0.623. The molecule has 1 aliphatic rings. The van der Waals surface area contributed by atoms with Gasteiger partial charge in [-0.25, -0.2) is 4.98 Å². The summed E-state index contributed by atoms with van der Waals surface area (Å²) in [4.78, 5) is 12.1. The summed E-state index contributed by atoms with van der Waals surface area (Å²) in [6, 6.07) is 2.05. The van der Waals surface area contributed by atoms with E-state index in [0.717, 1.165) is 41.7 Å². The molecule has 20 heavy (non-hydrogen) atoms. The summed E-state index contributed by atoms with van der Waals surface area (Å²) in [5, 5.41) is 16.7. The fourth-order valence-corrected chi connectivity index (χ4v) is 3.71. The molecule has 2 heterocycles. The van der Waals surface area contributed by atoms with Crippen molar-refractivity contribution in [3.8, 4) is 0 Å². The summed E-state index contributed by atoms with van der Waals surface area (Å²) in [5.74, 6) is 1.51. The van der Waals surface area contributed by atoms with Crippen molar-refractivity contribution < 1.29 is 5.11 Å². The molecule has 1 aliphatic carbocycles. The zero-order chi connectivity index (χ0) is 14.2. The highest BCUT2D eigenvalue weighted by Crippen LogP contribution is 2.33. The van der Waals surface area contributed by atoms with Crippen LogP contribution in [0.5, 0.6) is 0 Å². The Morgan fingerprint density at radius 3 is 2.85 bits per heavy atom. The maximum atomic E-state index is 10.6. The third-order valence-corrected chi connectivity index (χ3v) is 4.76. The Morgan fingerprint density at radius 2 is 2.15 bits per heavy atom. The molecule has 0 aromatic carbocycles. The monoisotopic (exact) mass is 292 g/mol. The summed E-state index contributed by atoms with van der Waals surface area (Å²) < 4.78 is 0. The van der Waals surface area contributed by atoms with Gasteiger partial charge in [0.2, 0.25) is 5.95 Å². The predicted molar refractivity (Wildman–Crippen MR) is 83.6 cm³/mol. The molecule has 3 rings (SSSR count). The smallest absolute Gasteiger partial charge is 0.225 e. The van der Waals surface area contributed by atoms with E-state index < -0.39 is 5.60 Å². The highest BCUT2D eigenvalue weighted by atomic mass is 32.1. The third-order valence-electron chi connectivity index (χ3n) is 3.96. The van der Waals surface area contributed by atoms with Gasteiger partial charge in [0.15, 0.2) is 0 Å². The second-order valence-electron chi connectivity index (χ2n) is 5.55. The molecular weight excluding hydrogens is 272 g/mol. The molecule has 0 amide bonds. The Labute approximate surface area is 122 Å². The molecule has 5 nitrogen and oxygen atoms in total. The topological polar surface area (TPSA) is 61.3 Å². The molecule has 1 fully saturated rings. The summed E-state index contributed by atoms with van der Waals surface area (Å²) in [5.41, 5.74) is -0.568. The Balaban J connectivity index is 1.93. The lowest BCUT2D eigenvalue weighted by atomic mass is 10.0. The first-order valence-electron chi connectivity index (χ1n) is 6.98. The van der Waals surface area contributed by atoms with Crippen LogP contribution in [-0.2, 0) is 0 Å². The van der Waals surface area contributed by atoms with E-state index >= 15 is 0 Å². The van der Waals surface area contributed by atoms with Gasteiger partial charge < -0.3 is 15.3 Å². The lowest BCUT2D eigenvalue weighted by Crippen LogP contribution is -2.39. The van der Waals surface area contributed by atoms with E-state index in [1.165, 1.54) is 0 Å². The quantitative estimate of drug-likeness (QED) is 0.906. The largest absolute Gasteiger partial charge is 0.388 e. The summed E-state index contributed by atoms with van der Waals surface area (Å²) in [7, 11) is 3.82. The standard InChI is InChI=1S/C14H20N4OS/c1-15-13-16-11(10-5-8-20-12(10)17-13)18(2)9-14(19)6-3-4-7-14/h5,8,19H,3-4,6-7,9H2,1-2H3,(H,15,16,17). The van der Waals surface area contributed by atoms with Gasteiger partial charge in [-0.05, 0) is 24.3 Å². The first-order valence-corrected chi connectivity index (χ1v) is 7.86. The fourth-order valence-electron chi connectivity index (χ4n) is 2.95. The van der Waals surface area contributed by atoms with Gasteiger partial charge in [-0.1, -0.05) is 12.8 Å². The van der Waals surface area contributed by atoms with Crippen LogP contribution in [0.25, 0.3) is 10.2 Å². The van der Waals surface area contributed by atoms with Crippen molar-refractivity contribution in [2.24, 2.45) is 0 Å². The predicted octanol–water partition coefficient (Wildman–Crippen LogP) is 2.47. The molecule has 2 aromatic heterocycles. The first-order chi connectivity index (χ1) is 9.61. The number of aliphatic hydroxyl groups is 1. The van der Waals surface area contributed by atoms with E-state index in [9.17, 15) is 5.11 Å². The van der Waals surface area contributed by atoms with E-state index in [1.54, 1.807) is 11.3 Å². The number of hydrogen-bond donors (Lipinski definition) is 2. The van der Waals surface area contributed by atoms with Gasteiger partial charge in [-0.3, -0.25) is 0 Å². The maximum absolute atomic E-state index is 10.6. The molecule has 0 unspecified atom stereocenters. The number of hydrogen-bond acceptors (Lipinski definition) is 6. The minimum absolute atomic E-state index is 0.568. The highest BCUT2D eigenvalue weighted by molar-refractivity contribution is 7.16. The molecule has 2 aromatic rings. The fraction of sp³-hybridized carbons (Fsp3) is 0.571. The van der Waals surface area contributed by atoms with Crippen molar-refractivity contribution in [3.63, 3.8) is 0 Å². The lowest BCUT2D eigenvalue weighted by Gasteiger charge is -2.29. The maximum Gasteiger partial charge on any atom is 0.225 e. The molecule has 108 valence electrons. The van der Waals surface area contributed by atoms with Crippen LogP contribution in [0.2, 0.25) is 0 Å². The Bertz CT molecular complexity index is 606. The number of thiophene rings is 1. The molecule has 2 N–H and O–H groups in total. The van der Waals surface area contributed by atoms with Gasteiger partial charge in [0, 0.05) is 20.6 Å². The van der Waals surface area contributed by atoms with E-state index in [1.807, 2.05) is 25.5 Å². The Hall–Kier alpha value is -1.40. The lowest BCUT2D eigenvalue weighted by molar-refractivity contribution is 0.0558. The number of anilines is 2. The number of nitrogens with zero attached hydrogens (tertiary/aromatic N) is 3. The number of likely N-dealkylation sites (N-methyl/N-ethyl adjacent to an activating group) is 1. The summed E-state index contributed by atoms with van der Waals surface area (Å²) in [6.07, 6.45) is 4.00. The number of fused-ring (bicyclic) bond motifs is 1. The van der Waals surface area contributed by atoms with Crippen LogP contribution < -0.4 is 10.2 Å². The number of rotatable bonds is 4. The minimum Gasteiger partial charge on any atom is -0.388 e. The van der Waals surface area contributed by atoms with Crippen molar-refractivity contribution in [2.75, 3.05) is 30.9 Å². The Kier molecular flexibility index (Phi) is 3.52. The van der Waals surface area contributed by atoms with Crippen molar-refractivity contribution in [1.29, 1.82) is 0 Å². The van der Waals surface area contributed by atoms with Crippen molar-refractivity contribution >= 4 is 33.3 Å². The molecule has 0 saturated heterocycles. The highest BCUT2D eigenvalue weighted by Gasteiger charge is 2.33. The third kappa shape index (κ3) is 2.45. The normalized spacial score (nSPS) is 17.6. The summed E-state index contributed by atoms with van der Waals surface area (Å²) >= 11 is 1.61. The van der Waals surface area contributed by atoms with E-state index in [0.29, 0.717) is 12.5 Å². The van der Waals surface area contributed by atoms with E-state index in [2.05, 4.69) is 20.2 Å². The average molecular weight is 292 g/mol. The van der Waals surface area contributed by atoms with Crippen molar-refractivity contribution in [1.82, 2.24) is 9.97 Å². The van der Waals surface area contributed by atoms with E-state index in [-0.39, 0.29) is 0 Å². The van der Waals surface area contributed by atoms with Crippen LogP contribution in [0.3, 0.4) is 0 Å². The van der Waals surface area contributed by atoms with Crippen molar-refractivity contribution in [2.45, 2.75) is 31.3 Å². The van der Waals surface area contributed by atoms with Crippen LogP contribution >= 0.6 is 11.3 Å². The molecule has 0 aliphatic heterocycles. The molecule has 0 bridgehead atoms. The van der Waals surface area contributed by atoms with Crippen LogP contribution in [0.1, 0.15) is 25.7 Å². The second-order valence-corrected chi connectivity index (χ2v) is 6.44. The van der Waals surface area contributed by atoms with Gasteiger partial charge in [0.25, 0.3) is 0 Å². The molecule has 0 radical (unpaired) electrons. The average Bonchev–Trinajstić information content (AvgIpc) is 3.05. The molecular formula is C14H20N4OS. The first kappa shape index (κ1) is 13.6. The molecule has 0 spiro atoms.